The molecule has 0 saturated carbocycles. The normalized spacial score (nSPS) is 11.1. The van der Waals surface area contributed by atoms with Crippen molar-refractivity contribution in [2.75, 3.05) is 0 Å². The molecule has 1 heterocycles. The molecule has 0 aliphatic carbocycles. The highest BCUT2D eigenvalue weighted by atomic mass is 35.5. The van der Waals surface area contributed by atoms with Crippen LogP contribution in [-0.4, -0.2) is 6.04 Å². The Labute approximate surface area is 139 Å². The van der Waals surface area contributed by atoms with Crippen LogP contribution in [0.2, 0.25) is 15.1 Å². The summed E-state index contributed by atoms with van der Waals surface area (Å²) in [6.07, 6.45) is 0. The van der Waals surface area contributed by atoms with Gasteiger partial charge in [-0.1, -0.05) is 48.7 Å². The maximum Gasteiger partial charge on any atom is 0.157 e. The fourth-order valence-electron chi connectivity index (χ4n) is 1.71. The van der Waals surface area contributed by atoms with E-state index in [1.807, 2.05) is 12.1 Å². The number of halogens is 3. The number of rotatable bonds is 6. The van der Waals surface area contributed by atoms with Gasteiger partial charge in [-0.05, 0) is 24.3 Å². The molecule has 6 heteroatoms. The van der Waals surface area contributed by atoms with Crippen LogP contribution in [0.25, 0.3) is 0 Å². The first-order chi connectivity index (χ1) is 9.95. The third kappa shape index (κ3) is 4.82. The summed E-state index contributed by atoms with van der Waals surface area (Å²) in [6, 6.07) is 7.37. The van der Waals surface area contributed by atoms with Gasteiger partial charge in [-0.25, -0.2) is 0 Å². The summed E-state index contributed by atoms with van der Waals surface area (Å²) in [4.78, 5) is 0. The molecule has 0 atom stereocenters. The van der Waals surface area contributed by atoms with Crippen LogP contribution in [-0.2, 0) is 13.2 Å². The average molecular weight is 349 g/mol. The largest absolute Gasteiger partial charge is 0.483 e. The second kappa shape index (κ2) is 7.41. The van der Waals surface area contributed by atoms with Gasteiger partial charge in [0, 0.05) is 11.1 Å². The molecule has 0 aliphatic rings. The molecule has 2 rings (SSSR count). The van der Waals surface area contributed by atoms with Gasteiger partial charge in [0.15, 0.2) is 5.75 Å². The number of nitrogens with one attached hydrogen (secondary N) is 1. The van der Waals surface area contributed by atoms with Gasteiger partial charge in [0.2, 0.25) is 0 Å². The van der Waals surface area contributed by atoms with Gasteiger partial charge in [0.05, 0.1) is 16.6 Å². The molecule has 0 aliphatic heterocycles. The van der Waals surface area contributed by atoms with Crippen molar-refractivity contribution in [1.82, 2.24) is 5.32 Å². The van der Waals surface area contributed by atoms with Crippen molar-refractivity contribution < 1.29 is 9.15 Å². The molecule has 114 valence electrons. The van der Waals surface area contributed by atoms with Gasteiger partial charge in [-0.2, -0.15) is 0 Å². The summed E-state index contributed by atoms with van der Waals surface area (Å²) in [7, 11) is 0. The second-order valence-corrected chi connectivity index (χ2v) is 6.14. The van der Waals surface area contributed by atoms with Crippen LogP contribution in [0.1, 0.15) is 25.4 Å². The fraction of sp³-hybridized carbons (Fsp3) is 0.333. The molecule has 0 fully saturated rings. The van der Waals surface area contributed by atoms with Crippen molar-refractivity contribution in [3.8, 4) is 5.75 Å². The molecule has 1 aromatic heterocycles. The summed E-state index contributed by atoms with van der Waals surface area (Å²) >= 11 is 18.0. The Kier molecular flexibility index (Phi) is 5.82. The van der Waals surface area contributed by atoms with Gasteiger partial charge in [-0.3, -0.25) is 0 Å². The van der Waals surface area contributed by atoms with Crippen LogP contribution >= 0.6 is 34.8 Å². The molecule has 0 radical (unpaired) electrons. The van der Waals surface area contributed by atoms with Gasteiger partial charge < -0.3 is 14.5 Å². The molecule has 21 heavy (non-hydrogen) atoms. The van der Waals surface area contributed by atoms with Gasteiger partial charge in [-0.15, -0.1) is 0 Å². The van der Waals surface area contributed by atoms with E-state index in [0.717, 1.165) is 5.76 Å². The van der Waals surface area contributed by atoms with Gasteiger partial charge in [0.1, 0.15) is 18.1 Å². The molecular formula is C15H16Cl3NO2. The maximum atomic E-state index is 6.06. The highest BCUT2D eigenvalue weighted by Crippen LogP contribution is 2.36. The highest BCUT2D eigenvalue weighted by molar-refractivity contribution is 6.40. The van der Waals surface area contributed by atoms with Crippen molar-refractivity contribution in [3.63, 3.8) is 0 Å². The number of benzene rings is 1. The Bertz CT molecular complexity index is 588. The summed E-state index contributed by atoms with van der Waals surface area (Å²) < 4.78 is 11.3. The van der Waals surface area contributed by atoms with E-state index in [2.05, 4.69) is 19.2 Å². The lowest BCUT2D eigenvalue weighted by Crippen LogP contribution is -2.21. The van der Waals surface area contributed by atoms with E-state index in [0.29, 0.717) is 39.2 Å². The molecule has 0 unspecified atom stereocenters. The van der Waals surface area contributed by atoms with Crippen molar-refractivity contribution >= 4 is 34.8 Å². The summed E-state index contributed by atoms with van der Waals surface area (Å²) in [5.74, 6) is 1.97. The van der Waals surface area contributed by atoms with Crippen molar-refractivity contribution in [2.24, 2.45) is 0 Å². The van der Waals surface area contributed by atoms with E-state index in [1.165, 1.54) is 0 Å². The quantitative estimate of drug-likeness (QED) is 0.767. The predicted molar refractivity (Wildman–Crippen MR) is 86.5 cm³/mol. The van der Waals surface area contributed by atoms with E-state index >= 15 is 0 Å². The molecule has 3 nitrogen and oxygen atoms in total. The second-order valence-electron chi connectivity index (χ2n) is 4.89. The summed E-state index contributed by atoms with van der Waals surface area (Å²) in [5, 5.41) is 4.50. The van der Waals surface area contributed by atoms with Gasteiger partial charge in [0.25, 0.3) is 0 Å². The SMILES string of the molecule is CC(C)NCc1ccc(COc2c(Cl)cc(Cl)cc2Cl)o1. The minimum Gasteiger partial charge on any atom is -0.483 e. The Morgan fingerprint density at radius 2 is 1.71 bits per heavy atom. The number of furan rings is 1. The number of hydrogen-bond acceptors (Lipinski definition) is 3. The third-order valence-electron chi connectivity index (χ3n) is 2.72. The number of ether oxygens (including phenoxy) is 1. The lowest BCUT2D eigenvalue weighted by molar-refractivity contribution is 0.265. The average Bonchev–Trinajstić information content (AvgIpc) is 2.83. The molecule has 0 saturated heterocycles. The first kappa shape index (κ1) is 16.5. The maximum absolute atomic E-state index is 6.06. The standard InChI is InChI=1S/C15H16Cl3NO2/c1-9(2)19-7-11-3-4-12(21-11)8-20-15-13(17)5-10(16)6-14(15)18/h3-6,9,19H,7-8H2,1-2H3. The Hall–Kier alpha value is -0.870. The fourth-order valence-corrected chi connectivity index (χ4v) is 2.64. The van der Waals surface area contributed by atoms with E-state index in [4.69, 9.17) is 44.0 Å². The van der Waals surface area contributed by atoms with Gasteiger partial charge >= 0.3 is 0 Å². The molecule has 0 amide bonds. The molecule has 0 spiro atoms. The molecule has 0 bridgehead atoms. The van der Waals surface area contributed by atoms with E-state index < -0.39 is 0 Å². The van der Waals surface area contributed by atoms with Crippen molar-refractivity contribution in [2.45, 2.75) is 33.0 Å². The molecule has 2 aromatic rings. The number of hydrogen-bond donors (Lipinski definition) is 1. The molecule has 1 aromatic carbocycles. The van der Waals surface area contributed by atoms with Crippen LogP contribution in [0, 0.1) is 0 Å². The van der Waals surface area contributed by atoms with Crippen LogP contribution in [0.4, 0.5) is 0 Å². The lowest BCUT2D eigenvalue weighted by atomic mass is 10.3. The topological polar surface area (TPSA) is 34.4 Å². The summed E-state index contributed by atoms with van der Waals surface area (Å²) in [6.45, 7) is 5.10. The smallest absolute Gasteiger partial charge is 0.157 e. The van der Waals surface area contributed by atoms with E-state index in [9.17, 15) is 0 Å². The Morgan fingerprint density at radius 1 is 1.10 bits per heavy atom. The van der Waals surface area contributed by atoms with Crippen LogP contribution in [0.5, 0.6) is 5.75 Å². The first-order valence-electron chi connectivity index (χ1n) is 6.54. The van der Waals surface area contributed by atoms with E-state index in [-0.39, 0.29) is 6.61 Å². The lowest BCUT2D eigenvalue weighted by Gasteiger charge is -2.09. The predicted octanol–water partition coefficient (Wildman–Crippen LogP) is 5.32. The van der Waals surface area contributed by atoms with Crippen LogP contribution < -0.4 is 10.1 Å². The highest BCUT2D eigenvalue weighted by Gasteiger charge is 2.11. The van der Waals surface area contributed by atoms with Crippen molar-refractivity contribution in [1.29, 1.82) is 0 Å². The minimum absolute atomic E-state index is 0.253. The minimum atomic E-state index is 0.253. The summed E-state index contributed by atoms with van der Waals surface area (Å²) in [5.41, 5.74) is 0. The van der Waals surface area contributed by atoms with Crippen LogP contribution in [0.15, 0.2) is 28.7 Å². The Balaban J connectivity index is 1.97. The zero-order valence-corrected chi connectivity index (χ0v) is 14.0. The van der Waals surface area contributed by atoms with Crippen LogP contribution in [0.3, 0.4) is 0 Å². The molecular weight excluding hydrogens is 333 g/mol. The van der Waals surface area contributed by atoms with Crippen molar-refractivity contribution in [3.05, 3.63) is 50.9 Å². The first-order valence-corrected chi connectivity index (χ1v) is 7.67. The van der Waals surface area contributed by atoms with E-state index in [1.54, 1.807) is 12.1 Å². The third-order valence-corrected chi connectivity index (χ3v) is 3.50. The zero-order valence-electron chi connectivity index (χ0n) is 11.8. The monoisotopic (exact) mass is 347 g/mol. The zero-order chi connectivity index (χ0) is 15.4. The molecule has 1 N–H and O–H groups in total. The Morgan fingerprint density at radius 3 is 2.33 bits per heavy atom.